The normalized spacial score (nSPS) is 20.9. The van der Waals surface area contributed by atoms with Gasteiger partial charge in [0, 0.05) is 6.54 Å². The van der Waals surface area contributed by atoms with Gasteiger partial charge in [0.1, 0.15) is 12.1 Å². The van der Waals surface area contributed by atoms with Gasteiger partial charge in [-0.2, -0.15) is 0 Å². The molecule has 2 fully saturated rings. The maximum absolute atomic E-state index is 14.2. The van der Waals surface area contributed by atoms with Gasteiger partial charge < -0.3 is 29.0 Å². The van der Waals surface area contributed by atoms with Crippen molar-refractivity contribution in [2.24, 2.45) is 5.92 Å². The summed E-state index contributed by atoms with van der Waals surface area (Å²) in [6.07, 6.45) is 6.91. The lowest BCUT2D eigenvalue weighted by Crippen LogP contribution is -2.51. The van der Waals surface area contributed by atoms with Gasteiger partial charge >= 0.3 is 5.97 Å². The summed E-state index contributed by atoms with van der Waals surface area (Å²) < 4.78 is 22.0. The number of methoxy groups -OCH3 is 3. The van der Waals surface area contributed by atoms with Crippen molar-refractivity contribution in [2.45, 2.75) is 76.4 Å². The molecule has 1 aliphatic heterocycles. The van der Waals surface area contributed by atoms with Crippen molar-refractivity contribution in [3.63, 3.8) is 0 Å². The van der Waals surface area contributed by atoms with E-state index < -0.39 is 24.0 Å². The predicted molar refractivity (Wildman–Crippen MR) is 127 cm³/mol. The molecule has 3 rings (SSSR count). The molecule has 0 bridgehead atoms. The molecule has 190 valence electrons. The van der Waals surface area contributed by atoms with Crippen LogP contribution in [-0.4, -0.2) is 68.5 Å². The van der Waals surface area contributed by atoms with Crippen molar-refractivity contribution in [1.29, 1.82) is 0 Å². The Morgan fingerprint density at radius 2 is 1.59 bits per heavy atom. The first-order valence-electron chi connectivity index (χ1n) is 12.4. The zero-order valence-corrected chi connectivity index (χ0v) is 20.9. The van der Waals surface area contributed by atoms with E-state index in [0.717, 1.165) is 44.1 Å². The lowest BCUT2D eigenvalue weighted by molar-refractivity contribution is -0.163. The number of carbonyl (C=O) groups is 2. The van der Waals surface area contributed by atoms with E-state index in [1.54, 1.807) is 33.2 Å². The Kier molecular flexibility index (Phi) is 9.45. The second kappa shape index (κ2) is 12.3. The number of benzene rings is 1. The molecule has 1 aliphatic carbocycles. The van der Waals surface area contributed by atoms with Crippen LogP contribution in [0.2, 0.25) is 0 Å². The summed E-state index contributed by atoms with van der Waals surface area (Å²) in [5.74, 6) is 0.757. The number of hydrogen-bond acceptors (Lipinski definition) is 7. The first kappa shape index (κ1) is 26.1. The molecular weight excluding hydrogens is 438 g/mol. The summed E-state index contributed by atoms with van der Waals surface area (Å²) in [6, 6.07) is 3.09. The van der Waals surface area contributed by atoms with Gasteiger partial charge in [0.05, 0.1) is 33.9 Å². The number of ether oxygens (including phenoxy) is 4. The molecule has 8 nitrogen and oxygen atoms in total. The summed E-state index contributed by atoms with van der Waals surface area (Å²) in [5, 5.41) is 9.31. The molecule has 1 saturated heterocycles. The first-order chi connectivity index (χ1) is 16.4. The average molecular weight is 478 g/mol. The number of amides is 1. The molecule has 1 aromatic rings. The smallest absolute Gasteiger partial charge is 0.329 e. The number of hydrogen-bond donors (Lipinski definition) is 1. The van der Waals surface area contributed by atoms with Gasteiger partial charge in [-0.1, -0.05) is 19.3 Å². The lowest BCUT2D eigenvalue weighted by atomic mass is 9.75. The van der Waals surface area contributed by atoms with Gasteiger partial charge in [0.15, 0.2) is 11.5 Å². The maximum Gasteiger partial charge on any atom is 0.329 e. The zero-order chi connectivity index (χ0) is 24.7. The molecule has 3 unspecified atom stereocenters. The maximum atomic E-state index is 14.2. The third-order valence-electron chi connectivity index (χ3n) is 7.07. The van der Waals surface area contributed by atoms with E-state index in [2.05, 4.69) is 0 Å². The van der Waals surface area contributed by atoms with E-state index in [9.17, 15) is 14.7 Å². The van der Waals surface area contributed by atoms with Gasteiger partial charge in [-0.3, -0.25) is 4.79 Å². The summed E-state index contributed by atoms with van der Waals surface area (Å²) in [5.41, 5.74) is 0.813. The van der Waals surface area contributed by atoms with E-state index in [1.165, 1.54) is 6.42 Å². The molecule has 34 heavy (non-hydrogen) atoms. The molecule has 1 aromatic carbocycles. The van der Waals surface area contributed by atoms with Crippen LogP contribution in [0.25, 0.3) is 0 Å². The largest absolute Gasteiger partial charge is 0.493 e. The summed E-state index contributed by atoms with van der Waals surface area (Å²) >= 11 is 0. The van der Waals surface area contributed by atoms with Gasteiger partial charge in [0.2, 0.25) is 11.7 Å². The molecule has 1 heterocycles. The van der Waals surface area contributed by atoms with E-state index in [-0.39, 0.29) is 18.4 Å². The Morgan fingerprint density at radius 1 is 0.971 bits per heavy atom. The molecule has 1 amide bonds. The number of carbonyl (C=O) groups excluding carboxylic acids is 2. The van der Waals surface area contributed by atoms with E-state index >= 15 is 0 Å². The first-order valence-corrected chi connectivity index (χ1v) is 12.4. The Balaban J connectivity index is 2.00. The molecule has 0 aromatic heterocycles. The van der Waals surface area contributed by atoms with Gasteiger partial charge in [0.25, 0.3) is 0 Å². The number of piperidine rings is 1. The van der Waals surface area contributed by atoms with Crippen molar-refractivity contribution >= 4 is 11.9 Å². The van der Waals surface area contributed by atoms with Crippen LogP contribution in [0, 0.1) is 5.92 Å². The number of esters is 1. The van der Waals surface area contributed by atoms with Crippen LogP contribution in [-0.2, 0) is 14.3 Å². The number of rotatable bonds is 9. The van der Waals surface area contributed by atoms with Crippen LogP contribution < -0.4 is 14.2 Å². The second-order valence-corrected chi connectivity index (χ2v) is 9.31. The topological polar surface area (TPSA) is 94.5 Å². The van der Waals surface area contributed by atoms with Crippen molar-refractivity contribution < 1.29 is 33.6 Å². The molecule has 2 aliphatic rings. The highest BCUT2D eigenvalue weighted by molar-refractivity contribution is 5.89. The third-order valence-corrected chi connectivity index (χ3v) is 7.07. The minimum Gasteiger partial charge on any atom is -0.493 e. The fraction of sp³-hybridized carbons (Fsp3) is 0.692. The number of likely N-dealkylation sites (tertiary alicyclic amines) is 1. The van der Waals surface area contributed by atoms with Crippen molar-refractivity contribution in [3.8, 4) is 17.2 Å². The van der Waals surface area contributed by atoms with Crippen LogP contribution in [0.3, 0.4) is 0 Å². The SMILES string of the molecule is COc1cc(C(C(=O)N2CCCCC2C(=O)OC(C)CO)C2CCCCC2)cc(OC)c1OC. The molecule has 1 N–H and O–H groups in total. The predicted octanol–water partition coefficient (Wildman–Crippen LogP) is 3.68. The average Bonchev–Trinajstić information content (AvgIpc) is 2.88. The van der Waals surface area contributed by atoms with Crippen LogP contribution in [0.1, 0.15) is 69.8 Å². The van der Waals surface area contributed by atoms with E-state index in [1.807, 2.05) is 12.1 Å². The highest BCUT2D eigenvalue weighted by atomic mass is 16.6. The standard InChI is InChI=1S/C26H39NO7/c1-17(16-28)34-26(30)20-12-8-9-13-27(20)25(29)23(18-10-6-5-7-11-18)19-14-21(31-2)24(33-4)22(15-19)32-3/h14-15,17-18,20,23,28H,5-13,16H2,1-4H3. The molecule has 0 spiro atoms. The Morgan fingerprint density at radius 3 is 2.15 bits per heavy atom. The van der Waals surface area contributed by atoms with Crippen LogP contribution >= 0.6 is 0 Å². The summed E-state index contributed by atoms with van der Waals surface area (Å²) in [4.78, 5) is 28.8. The van der Waals surface area contributed by atoms with E-state index in [4.69, 9.17) is 18.9 Å². The molecule has 0 radical (unpaired) electrons. The highest BCUT2D eigenvalue weighted by Crippen LogP contribution is 2.45. The van der Waals surface area contributed by atoms with Crippen molar-refractivity contribution in [2.75, 3.05) is 34.5 Å². The van der Waals surface area contributed by atoms with Crippen LogP contribution in [0.4, 0.5) is 0 Å². The third kappa shape index (κ3) is 5.77. The van der Waals surface area contributed by atoms with Crippen molar-refractivity contribution in [3.05, 3.63) is 17.7 Å². The minimum absolute atomic E-state index is 0.0560. The quantitative estimate of drug-likeness (QED) is 0.542. The summed E-state index contributed by atoms with van der Waals surface area (Å²) in [6.45, 7) is 1.91. The minimum atomic E-state index is -0.636. The van der Waals surface area contributed by atoms with Crippen molar-refractivity contribution in [1.82, 2.24) is 4.90 Å². The van der Waals surface area contributed by atoms with Gasteiger partial charge in [-0.05, 0) is 62.6 Å². The second-order valence-electron chi connectivity index (χ2n) is 9.31. The molecular formula is C26H39NO7. The number of nitrogens with zero attached hydrogens (tertiary/aromatic N) is 1. The Bertz CT molecular complexity index is 811. The van der Waals surface area contributed by atoms with Crippen LogP contribution in [0.15, 0.2) is 12.1 Å². The Hall–Kier alpha value is -2.48. The van der Waals surface area contributed by atoms with Gasteiger partial charge in [-0.25, -0.2) is 4.79 Å². The molecule has 8 heteroatoms. The lowest BCUT2D eigenvalue weighted by Gasteiger charge is -2.39. The zero-order valence-electron chi connectivity index (χ0n) is 20.9. The fourth-order valence-corrected chi connectivity index (χ4v) is 5.30. The van der Waals surface area contributed by atoms with Gasteiger partial charge in [-0.15, -0.1) is 0 Å². The number of aliphatic hydroxyl groups is 1. The molecule has 3 atom stereocenters. The highest BCUT2D eigenvalue weighted by Gasteiger charge is 2.41. The Labute approximate surface area is 202 Å². The summed E-state index contributed by atoms with van der Waals surface area (Å²) in [7, 11) is 4.69. The van der Waals surface area contributed by atoms with E-state index in [0.29, 0.717) is 30.2 Å². The monoisotopic (exact) mass is 477 g/mol. The molecule has 1 saturated carbocycles. The fourth-order valence-electron chi connectivity index (χ4n) is 5.30. The van der Waals surface area contributed by atoms with Crippen LogP contribution in [0.5, 0.6) is 17.2 Å². The number of aliphatic hydroxyl groups excluding tert-OH is 1.